The fourth-order valence-corrected chi connectivity index (χ4v) is 14.7. The Morgan fingerprint density at radius 3 is 2.02 bits per heavy atom. The van der Waals surface area contributed by atoms with E-state index in [0.717, 1.165) is 62.1 Å². The summed E-state index contributed by atoms with van der Waals surface area (Å²) in [5.74, 6) is -2.18. The highest BCUT2D eigenvalue weighted by Gasteiger charge is 2.70. The molecule has 9 nitrogen and oxygen atoms in total. The van der Waals surface area contributed by atoms with E-state index in [2.05, 4.69) is 67.8 Å². The summed E-state index contributed by atoms with van der Waals surface area (Å²) in [4.78, 5) is 40.8. The lowest BCUT2D eigenvalue weighted by Gasteiger charge is -2.32. The van der Waals surface area contributed by atoms with Crippen molar-refractivity contribution in [3.05, 3.63) is 51.7 Å². The molecule has 0 amide bonds. The van der Waals surface area contributed by atoms with Crippen molar-refractivity contribution in [1.29, 1.82) is 0 Å². The first-order valence-corrected chi connectivity index (χ1v) is 21.9. The zero-order valence-electron chi connectivity index (χ0n) is 26.3. The highest BCUT2D eigenvalue weighted by atomic mass is 127. The first kappa shape index (κ1) is 33.8. The van der Waals surface area contributed by atoms with Gasteiger partial charge in [-0.1, -0.05) is 12.8 Å². The van der Waals surface area contributed by atoms with Crippen LogP contribution in [-0.2, 0) is 29.2 Å². The highest BCUT2D eigenvalue weighted by molar-refractivity contribution is 14.1. The van der Waals surface area contributed by atoms with Crippen molar-refractivity contribution in [1.82, 2.24) is 0 Å². The molecule has 7 aliphatic rings. The third-order valence-corrected chi connectivity index (χ3v) is 17.8. The monoisotopic (exact) mass is 1020 g/mol. The van der Waals surface area contributed by atoms with Gasteiger partial charge in [-0.3, -0.25) is 9.59 Å². The summed E-state index contributed by atoms with van der Waals surface area (Å²) in [7, 11) is -4.81. The van der Waals surface area contributed by atoms with Gasteiger partial charge in [0.05, 0.1) is 22.3 Å². The maximum atomic E-state index is 14.2. The second kappa shape index (κ2) is 12.3. The average molecular weight is 1020 g/mol. The lowest BCUT2D eigenvalue weighted by atomic mass is 9.78. The molecule has 1 heterocycles. The van der Waals surface area contributed by atoms with Crippen molar-refractivity contribution in [2.45, 2.75) is 86.7 Å². The van der Waals surface area contributed by atoms with E-state index < -0.39 is 58.0 Å². The molecule has 6 saturated carbocycles. The molecule has 1 aliphatic heterocycles. The van der Waals surface area contributed by atoms with Crippen molar-refractivity contribution in [2.24, 2.45) is 47.3 Å². The predicted molar refractivity (Wildman–Crippen MR) is 199 cm³/mol. The van der Waals surface area contributed by atoms with Gasteiger partial charge in [0.2, 0.25) is 0 Å². The van der Waals surface area contributed by atoms with Crippen LogP contribution in [0.25, 0.3) is 0 Å². The van der Waals surface area contributed by atoms with Gasteiger partial charge in [-0.05, 0) is 184 Å². The first-order valence-electron chi connectivity index (χ1n) is 17.3. The number of benzene rings is 2. The number of ether oxygens (including phenoxy) is 3. The summed E-state index contributed by atoms with van der Waals surface area (Å²) in [5, 5.41) is 0. The van der Waals surface area contributed by atoms with E-state index in [9.17, 15) is 27.4 Å². The van der Waals surface area contributed by atoms with E-state index in [-0.39, 0.29) is 28.4 Å². The van der Waals surface area contributed by atoms with Crippen LogP contribution in [0.5, 0.6) is 5.75 Å². The number of esters is 3. The number of carbonyl (C=O) groups is 3. The first-order chi connectivity index (χ1) is 23.4. The molecule has 0 radical (unpaired) electrons. The Hall–Kier alpha value is -1.05. The van der Waals surface area contributed by atoms with Crippen molar-refractivity contribution in [2.75, 3.05) is 0 Å². The molecule has 0 spiro atoms. The van der Waals surface area contributed by atoms with E-state index in [1.54, 1.807) is 18.2 Å². The van der Waals surface area contributed by atoms with E-state index in [1.165, 1.54) is 0 Å². The van der Waals surface area contributed by atoms with Crippen molar-refractivity contribution in [3.63, 3.8) is 0 Å². The minimum absolute atomic E-state index is 0.0720. The SMILES string of the molecule is O=C(OC1C2CC3C1OC(=O)C3C2C(=O)Oc1cc(C2CC3CCC2C3)c(S(=O)(=O)[O-])c(C2CC3CCC2C3)c1)c1cc(I)cc(I)c1I. The Morgan fingerprint density at radius 1 is 0.837 bits per heavy atom. The number of hydrogen-bond donors (Lipinski definition) is 0. The van der Waals surface area contributed by atoms with Gasteiger partial charge in [0.15, 0.2) is 0 Å². The maximum Gasteiger partial charge on any atom is 0.339 e. The molecule has 2 aromatic carbocycles. The van der Waals surface area contributed by atoms with Gasteiger partial charge < -0.3 is 18.8 Å². The molecule has 260 valence electrons. The third kappa shape index (κ3) is 5.53. The molecule has 7 fully saturated rings. The third-order valence-electron chi connectivity index (χ3n) is 13.1. The predicted octanol–water partition coefficient (Wildman–Crippen LogP) is 7.15. The molecule has 2 aromatic rings. The molecule has 0 N–H and O–H groups in total. The van der Waals surface area contributed by atoms with Crippen molar-refractivity contribution < 1.29 is 41.6 Å². The summed E-state index contributed by atoms with van der Waals surface area (Å²) in [6.07, 6.45) is 7.03. The summed E-state index contributed by atoms with van der Waals surface area (Å²) in [6.45, 7) is 0. The fourth-order valence-electron chi connectivity index (χ4n) is 11.3. The quantitative estimate of drug-likeness (QED) is 0.0932. The van der Waals surface area contributed by atoms with E-state index >= 15 is 0 Å². The van der Waals surface area contributed by atoms with Gasteiger partial charge in [0.25, 0.3) is 0 Å². The van der Waals surface area contributed by atoms with Crippen LogP contribution in [0.1, 0.15) is 91.1 Å². The Bertz CT molecular complexity index is 1870. The van der Waals surface area contributed by atoms with Crippen molar-refractivity contribution in [3.8, 4) is 5.75 Å². The second-order valence-electron chi connectivity index (χ2n) is 15.5. The molecule has 6 bridgehead atoms. The standard InChI is InChI=1S/C36H35I3O9S/c37-18-9-26(30(39)27(38)10-18)34(40)47-31-24-13-25-29(36(42)48-32(25)31)28(24)35(41)46-19-11-22(20-7-14-1-3-16(20)5-14)33(49(43,44)45)23(12-19)21-8-15-2-4-17(21)6-15/h9-12,14-17,20-21,24-25,28-29,31-32H,1-8,13H2,(H,43,44,45)/p-1. The summed E-state index contributed by atoms with van der Waals surface area (Å²) in [6, 6.07) is 7.00. The van der Waals surface area contributed by atoms with Gasteiger partial charge in [-0.15, -0.1) is 0 Å². The fraction of sp³-hybridized carbons (Fsp3) is 0.583. The molecule has 13 heteroatoms. The van der Waals surface area contributed by atoms with Crippen LogP contribution < -0.4 is 4.74 Å². The summed E-state index contributed by atoms with van der Waals surface area (Å²) < 4.78 is 59.8. The second-order valence-corrected chi connectivity index (χ2v) is 20.3. The molecule has 12 atom stereocenters. The largest absolute Gasteiger partial charge is 0.744 e. The van der Waals surface area contributed by atoms with Crippen LogP contribution in [0.15, 0.2) is 29.2 Å². The van der Waals surface area contributed by atoms with Gasteiger partial charge in [0, 0.05) is 22.5 Å². The molecular formula is C36H34I3O9S-. The van der Waals surface area contributed by atoms with E-state index in [4.69, 9.17) is 14.2 Å². The molecule has 6 aliphatic carbocycles. The molecular weight excluding hydrogens is 989 g/mol. The number of carbonyl (C=O) groups excluding carboxylic acids is 3. The minimum atomic E-state index is -4.81. The zero-order chi connectivity index (χ0) is 34.1. The topological polar surface area (TPSA) is 136 Å². The Labute approximate surface area is 325 Å². The smallest absolute Gasteiger partial charge is 0.339 e. The molecule has 9 rings (SSSR count). The lowest BCUT2D eigenvalue weighted by Crippen LogP contribution is -2.44. The van der Waals surface area contributed by atoms with Gasteiger partial charge in [0.1, 0.15) is 28.1 Å². The number of rotatable bonds is 7. The molecule has 49 heavy (non-hydrogen) atoms. The van der Waals surface area contributed by atoms with Crippen LogP contribution in [0.2, 0.25) is 0 Å². The molecule has 1 saturated heterocycles. The molecule has 0 aromatic heterocycles. The summed E-state index contributed by atoms with van der Waals surface area (Å²) >= 11 is 6.46. The number of halogens is 3. The Morgan fingerprint density at radius 2 is 1.47 bits per heavy atom. The number of hydrogen-bond acceptors (Lipinski definition) is 9. The zero-order valence-corrected chi connectivity index (χ0v) is 33.6. The lowest BCUT2D eigenvalue weighted by molar-refractivity contribution is -0.149. The van der Waals surface area contributed by atoms with E-state index in [0.29, 0.717) is 46.8 Å². The van der Waals surface area contributed by atoms with Crippen LogP contribution in [0.3, 0.4) is 0 Å². The Kier molecular flexibility index (Phi) is 8.44. The van der Waals surface area contributed by atoms with Crippen molar-refractivity contribution >= 4 is 95.8 Å². The van der Waals surface area contributed by atoms with Crippen LogP contribution >= 0.6 is 67.8 Å². The van der Waals surface area contributed by atoms with Gasteiger partial charge in [-0.25, -0.2) is 13.2 Å². The van der Waals surface area contributed by atoms with Crippen LogP contribution in [-0.4, -0.2) is 43.1 Å². The van der Waals surface area contributed by atoms with Crippen LogP contribution in [0.4, 0.5) is 0 Å². The number of fused-ring (bicyclic) bond motifs is 5. The molecule has 12 unspecified atom stereocenters. The van der Waals surface area contributed by atoms with Gasteiger partial charge >= 0.3 is 17.9 Å². The minimum Gasteiger partial charge on any atom is -0.744 e. The maximum absolute atomic E-state index is 14.2. The Balaban J connectivity index is 1.05. The van der Waals surface area contributed by atoms with Gasteiger partial charge in [-0.2, -0.15) is 0 Å². The highest BCUT2D eigenvalue weighted by Crippen LogP contribution is 2.60. The van der Waals surface area contributed by atoms with E-state index in [1.807, 2.05) is 6.07 Å². The average Bonchev–Trinajstić information content (AvgIpc) is 3.90. The van der Waals surface area contributed by atoms with Crippen LogP contribution in [0, 0.1) is 58.1 Å². The summed E-state index contributed by atoms with van der Waals surface area (Å²) in [5.41, 5.74) is 1.44. The normalized spacial score (nSPS) is 38.0.